The minimum atomic E-state index is -0.867. The minimum absolute atomic E-state index is 0.00611. The lowest BCUT2D eigenvalue weighted by Crippen LogP contribution is -2.65. The Bertz CT molecular complexity index is 340. The Morgan fingerprint density at radius 3 is 2.76 bits per heavy atom. The Kier molecular flexibility index (Phi) is 4.19. The maximum absolute atomic E-state index is 11.6. The van der Waals surface area contributed by atoms with Crippen molar-refractivity contribution in [2.75, 3.05) is 26.2 Å². The Morgan fingerprint density at radius 1 is 1.53 bits per heavy atom. The fourth-order valence-electron chi connectivity index (χ4n) is 1.53. The monoisotopic (exact) mass is 242 g/mol. The highest BCUT2D eigenvalue weighted by Gasteiger charge is 2.41. The van der Waals surface area contributed by atoms with Crippen molar-refractivity contribution in [1.29, 1.82) is 0 Å². The molecule has 1 heterocycles. The molecule has 96 valence electrons. The van der Waals surface area contributed by atoms with Gasteiger partial charge in [0.05, 0.1) is 18.6 Å². The van der Waals surface area contributed by atoms with Crippen LogP contribution in [-0.2, 0) is 14.4 Å². The van der Waals surface area contributed by atoms with Gasteiger partial charge in [-0.2, -0.15) is 0 Å². The van der Waals surface area contributed by atoms with Gasteiger partial charge in [-0.1, -0.05) is 0 Å². The molecule has 0 aromatic heterocycles. The largest absolute Gasteiger partial charge is 0.354 e. The number of carbonyl (C=O) groups is 3. The van der Waals surface area contributed by atoms with Crippen molar-refractivity contribution in [2.45, 2.75) is 19.4 Å². The Morgan fingerprint density at radius 2 is 2.18 bits per heavy atom. The molecule has 3 amide bonds. The Balaban J connectivity index is 2.64. The van der Waals surface area contributed by atoms with Crippen LogP contribution < -0.4 is 16.4 Å². The molecule has 0 radical (unpaired) electrons. The quantitative estimate of drug-likeness (QED) is 0.485. The highest BCUT2D eigenvalue weighted by molar-refractivity contribution is 6.03. The van der Waals surface area contributed by atoms with E-state index in [0.29, 0.717) is 13.1 Å². The SMILES string of the molecule is CC1(C)C(=O)NC(=O)CN1CC(=O)NCCN. The molecule has 0 unspecified atom stereocenters. The average molecular weight is 242 g/mol. The first-order valence-corrected chi connectivity index (χ1v) is 5.44. The van der Waals surface area contributed by atoms with Crippen molar-refractivity contribution in [2.24, 2.45) is 5.73 Å². The number of imide groups is 1. The van der Waals surface area contributed by atoms with Crippen molar-refractivity contribution in [3.63, 3.8) is 0 Å². The molecule has 0 aromatic carbocycles. The van der Waals surface area contributed by atoms with Crippen molar-refractivity contribution in [3.05, 3.63) is 0 Å². The van der Waals surface area contributed by atoms with Crippen molar-refractivity contribution in [3.8, 4) is 0 Å². The lowest BCUT2D eigenvalue weighted by Gasteiger charge is -2.39. The van der Waals surface area contributed by atoms with Crippen LogP contribution in [0.2, 0.25) is 0 Å². The standard InChI is InChI=1S/C10H18N4O3/c1-10(2)9(17)13-8(16)6-14(10)5-7(15)12-4-3-11/h3-6,11H2,1-2H3,(H,12,15)(H,13,16,17). The van der Waals surface area contributed by atoms with Crippen LogP contribution in [0, 0.1) is 0 Å². The van der Waals surface area contributed by atoms with Crippen LogP contribution in [0.15, 0.2) is 0 Å². The maximum Gasteiger partial charge on any atom is 0.246 e. The number of amides is 3. The van der Waals surface area contributed by atoms with Crippen molar-refractivity contribution >= 4 is 17.7 Å². The maximum atomic E-state index is 11.6. The molecule has 7 heteroatoms. The normalized spacial score (nSPS) is 19.9. The number of nitrogens with two attached hydrogens (primary N) is 1. The van der Waals surface area contributed by atoms with E-state index < -0.39 is 5.54 Å². The molecule has 7 nitrogen and oxygen atoms in total. The molecule has 17 heavy (non-hydrogen) atoms. The number of hydrogen-bond acceptors (Lipinski definition) is 5. The van der Waals surface area contributed by atoms with E-state index >= 15 is 0 Å². The van der Waals surface area contributed by atoms with E-state index in [-0.39, 0.29) is 30.8 Å². The third-order valence-electron chi connectivity index (χ3n) is 2.73. The molecular formula is C10H18N4O3. The van der Waals surface area contributed by atoms with E-state index in [1.54, 1.807) is 18.7 Å². The topological polar surface area (TPSA) is 105 Å². The van der Waals surface area contributed by atoms with Crippen LogP contribution in [0.5, 0.6) is 0 Å². The predicted molar refractivity (Wildman–Crippen MR) is 60.9 cm³/mol. The van der Waals surface area contributed by atoms with Gasteiger partial charge in [0, 0.05) is 13.1 Å². The van der Waals surface area contributed by atoms with E-state index in [1.807, 2.05) is 0 Å². The molecule has 1 rings (SSSR count). The van der Waals surface area contributed by atoms with Crippen molar-refractivity contribution in [1.82, 2.24) is 15.5 Å². The molecule has 0 atom stereocenters. The fourth-order valence-corrected chi connectivity index (χ4v) is 1.53. The molecule has 0 aliphatic carbocycles. The number of rotatable bonds is 4. The lowest BCUT2D eigenvalue weighted by atomic mass is 9.99. The summed E-state index contributed by atoms with van der Waals surface area (Å²) in [7, 11) is 0. The molecule has 0 bridgehead atoms. The first-order chi connectivity index (χ1) is 7.87. The first kappa shape index (κ1) is 13.6. The summed E-state index contributed by atoms with van der Waals surface area (Å²) < 4.78 is 0. The second kappa shape index (κ2) is 5.24. The number of nitrogens with one attached hydrogen (secondary N) is 2. The van der Waals surface area contributed by atoms with Gasteiger partial charge in [0.15, 0.2) is 0 Å². The third kappa shape index (κ3) is 3.24. The lowest BCUT2D eigenvalue weighted by molar-refractivity contribution is -0.146. The zero-order chi connectivity index (χ0) is 13.1. The Hall–Kier alpha value is -1.47. The molecule has 1 aliphatic rings. The van der Waals surface area contributed by atoms with Crippen LogP contribution in [0.25, 0.3) is 0 Å². The zero-order valence-electron chi connectivity index (χ0n) is 10.1. The average Bonchev–Trinajstić information content (AvgIpc) is 2.23. The molecule has 0 spiro atoms. The third-order valence-corrected chi connectivity index (χ3v) is 2.73. The fraction of sp³-hybridized carbons (Fsp3) is 0.700. The zero-order valence-corrected chi connectivity index (χ0v) is 10.1. The molecule has 0 saturated carbocycles. The molecule has 1 aliphatic heterocycles. The van der Waals surface area contributed by atoms with Crippen LogP contribution in [0.1, 0.15) is 13.8 Å². The van der Waals surface area contributed by atoms with Gasteiger partial charge >= 0.3 is 0 Å². The van der Waals surface area contributed by atoms with Gasteiger partial charge < -0.3 is 11.1 Å². The van der Waals surface area contributed by atoms with Gasteiger partial charge in [0.2, 0.25) is 17.7 Å². The summed E-state index contributed by atoms with van der Waals surface area (Å²) in [6.45, 7) is 4.12. The summed E-state index contributed by atoms with van der Waals surface area (Å²) in [5.41, 5.74) is 4.39. The van der Waals surface area contributed by atoms with Gasteiger partial charge in [0.25, 0.3) is 0 Å². The summed E-state index contributed by atoms with van der Waals surface area (Å²) in [4.78, 5) is 35.9. The van der Waals surface area contributed by atoms with Crippen LogP contribution in [0.4, 0.5) is 0 Å². The Labute approximate surface area is 99.7 Å². The van der Waals surface area contributed by atoms with Gasteiger partial charge in [-0.15, -0.1) is 0 Å². The van der Waals surface area contributed by atoms with E-state index in [9.17, 15) is 14.4 Å². The van der Waals surface area contributed by atoms with Crippen LogP contribution >= 0.6 is 0 Å². The summed E-state index contributed by atoms with van der Waals surface area (Å²) in [5.74, 6) is -1.02. The number of nitrogens with zero attached hydrogens (tertiary/aromatic N) is 1. The van der Waals surface area contributed by atoms with Gasteiger partial charge in [-0.25, -0.2) is 0 Å². The molecule has 1 fully saturated rings. The second-order valence-electron chi connectivity index (χ2n) is 4.43. The highest BCUT2D eigenvalue weighted by Crippen LogP contribution is 2.17. The minimum Gasteiger partial charge on any atom is -0.354 e. The van der Waals surface area contributed by atoms with Crippen LogP contribution in [-0.4, -0.2) is 54.3 Å². The summed E-state index contributed by atoms with van der Waals surface area (Å²) in [6, 6.07) is 0. The van der Waals surface area contributed by atoms with E-state index in [0.717, 1.165) is 0 Å². The first-order valence-electron chi connectivity index (χ1n) is 5.44. The van der Waals surface area contributed by atoms with Gasteiger partial charge in [0.1, 0.15) is 0 Å². The molecule has 4 N–H and O–H groups in total. The number of hydrogen-bond donors (Lipinski definition) is 3. The summed E-state index contributed by atoms with van der Waals surface area (Å²) in [5, 5.41) is 4.84. The number of piperazine rings is 1. The molecule has 1 saturated heterocycles. The van der Waals surface area contributed by atoms with E-state index in [4.69, 9.17) is 5.73 Å². The smallest absolute Gasteiger partial charge is 0.246 e. The van der Waals surface area contributed by atoms with E-state index in [2.05, 4.69) is 10.6 Å². The van der Waals surface area contributed by atoms with Crippen molar-refractivity contribution < 1.29 is 14.4 Å². The highest BCUT2D eigenvalue weighted by atomic mass is 16.2. The van der Waals surface area contributed by atoms with Crippen LogP contribution in [0.3, 0.4) is 0 Å². The summed E-state index contributed by atoms with van der Waals surface area (Å²) in [6.07, 6.45) is 0. The van der Waals surface area contributed by atoms with E-state index in [1.165, 1.54) is 0 Å². The predicted octanol–water partition coefficient (Wildman–Crippen LogP) is -2.20. The van der Waals surface area contributed by atoms with Gasteiger partial charge in [-0.05, 0) is 13.8 Å². The summed E-state index contributed by atoms with van der Waals surface area (Å²) >= 11 is 0. The molecular weight excluding hydrogens is 224 g/mol. The van der Waals surface area contributed by atoms with Gasteiger partial charge in [-0.3, -0.25) is 24.6 Å². The molecule has 0 aromatic rings. The second-order valence-corrected chi connectivity index (χ2v) is 4.43. The number of carbonyl (C=O) groups excluding carboxylic acids is 3.